The van der Waals surface area contributed by atoms with Gasteiger partial charge < -0.3 is 24.8 Å². The smallest absolute Gasteiger partial charge is 1.00 e. The van der Waals surface area contributed by atoms with Crippen LogP contribution in [0.15, 0.2) is 0 Å². The zero-order valence-electron chi connectivity index (χ0n) is 6.04. The molecule has 0 atom stereocenters. The molecule has 0 spiro atoms. The zero-order valence-corrected chi connectivity index (χ0v) is 9.97. The van der Waals surface area contributed by atoms with E-state index in [1.165, 1.54) is 0 Å². The molecule has 0 aliphatic heterocycles. The van der Waals surface area contributed by atoms with Crippen LogP contribution in [0.5, 0.6) is 0 Å². The standard InChI is InChI=1S/C5H10Si.2ClH.Mg/c1-5-6(2,3)4;;;/h1H,2-4H3;2*1H;/q;;;+2/p-2. The Hall–Kier alpha value is 1.12. The van der Waals surface area contributed by atoms with Crippen molar-refractivity contribution in [1.29, 1.82) is 0 Å². The molecule has 0 fully saturated rings. The summed E-state index contributed by atoms with van der Waals surface area (Å²) < 4.78 is 0. The van der Waals surface area contributed by atoms with Gasteiger partial charge in [-0.3, -0.25) is 0 Å². The first-order valence-corrected chi connectivity index (χ1v) is 5.54. The van der Waals surface area contributed by atoms with Gasteiger partial charge >= 0.3 is 23.1 Å². The van der Waals surface area contributed by atoms with E-state index in [1.807, 2.05) is 0 Å². The summed E-state index contributed by atoms with van der Waals surface area (Å²) in [5.74, 6) is 0. The van der Waals surface area contributed by atoms with Crippen molar-refractivity contribution in [3.05, 3.63) is 0 Å². The Kier molecular flexibility index (Phi) is 22.8. The van der Waals surface area contributed by atoms with Gasteiger partial charge in [0.05, 0.1) is 0 Å². The van der Waals surface area contributed by atoms with Crippen molar-refractivity contribution >= 4 is 31.1 Å². The fraction of sp³-hybridized carbons (Fsp3) is 0.600. The molecule has 50 valence electrons. The normalized spacial score (nSPS) is 6.89. The van der Waals surface area contributed by atoms with Crippen molar-refractivity contribution in [2.75, 3.05) is 0 Å². The number of terminal acetylenes is 1. The van der Waals surface area contributed by atoms with Crippen LogP contribution in [0.4, 0.5) is 0 Å². The van der Waals surface area contributed by atoms with E-state index in [9.17, 15) is 0 Å². The van der Waals surface area contributed by atoms with Crippen molar-refractivity contribution in [3.8, 4) is 12.0 Å². The Balaban J connectivity index is -0.0000000417. The van der Waals surface area contributed by atoms with E-state index in [-0.39, 0.29) is 47.9 Å². The SMILES string of the molecule is C#C[Si](C)(C)C.[Cl-].[Cl-].[Mg+2]. The van der Waals surface area contributed by atoms with Crippen molar-refractivity contribution in [2.24, 2.45) is 0 Å². The van der Waals surface area contributed by atoms with E-state index in [4.69, 9.17) is 6.42 Å². The average molecular weight is 193 g/mol. The molecule has 9 heavy (non-hydrogen) atoms. The first-order valence-electron chi connectivity index (χ1n) is 2.04. The summed E-state index contributed by atoms with van der Waals surface area (Å²) in [6.45, 7) is 6.44. The van der Waals surface area contributed by atoms with Crippen LogP contribution in [0.3, 0.4) is 0 Å². The summed E-state index contributed by atoms with van der Waals surface area (Å²) in [4.78, 5) is 0. The molecule has 0 radical (unpaired) electrons. The van der Waals surface area contributed by atoms with Crippen LogP contribution in [0, 0.1) is 12.0 Å². The minimum absolute atomic E-state index is 0. The van der Waals surface area contributed by atoms with Gasteiger partial charge in [-0.1, -0.05) is 19.6 Å². The minimum atomic E-state index is -1.10. The van der Waals surface area contributed by atoms with Crippen molar-refractivity contribution < 1.29 is 24.8 Å². The molecule has 0 bridgehead atoms. The molecule has 0 aromatic carbocycles. The van der Waals surface area contributed by atoms with E-state index in [1.54, 1.807) is 0 Å². The van der Waals surface area contributed by atoms with E-state index >= 15 is 0 Å². The van der Waals surface area contributed by atoms with Crippen molar-refractivity contribution in [1.82, 2.24) is 0 Å². The fourth-order valence-electron chi connectivity index (χ4n) is 0. The van der Waals surface area contributed by atoms with Crippen molar-refractivity contribution in [3.63, 3.8) is 0 Å². The molecule has 0 saturated carbocycles. The van der Waals surface area contributed by atoms with E-state index in [0.29, 0.717) is 0 Å². The van der Waals surface area contributed by atoms with Gasteiger partial charge in [-0.05, 0) is 0 Å². The molecule has 0 N–H and O–H groups in total. The van der Waals surface area contributed by atoms with Gasteiger partial charge in [0.1, 0.15) is 8.07 Å². The summed E-state index contributed by atoms with van der Waals surface area (Å²) >= 11 is 0. The number of hydrogen-bond donors (Lipinski definition) is 0. The second kappa shape index (κ2) is 9.12. The predicted molar refractivity (Wildman–Crippen MR) is 37.9 cm³/mol. The molecule has 0 amide bonds. The number of hydrogen-bond acceptors (Lipinski definition) is 0. The van der Waals surface area contributed by atoms with Gasteiger partial charge in [-0.2, -0.15) is 0 Å². The molecule has 0 aromatic rings. The van der Waals surface area contributed by atoms with Gasteiger partial charge in [-0.25, -0.2) is 0 Å². The Morgan fingerprint density at radius 1 is 1.11 bits per heavy atom. The van der Waals surface area contributed by atoms with Crippen LogP contribution in [-0.2, 0) is 0 Å². The van der Waals surface area contributed by atoms with Gasteiger partial charge in [0, 0.05) is 0 Å². The molecule has 0 nitrogen and oxygen atoms in total. The first kappa shape index (κ1) is 22.5. The fourth-order valence-corrected chi connectivity index (χ4v) is 0. The van der Waals surface area contributed by atoms with Gasteiger partial charge in [0.2, 0.25) is 0 Å². The minimum Gasteiger partial charge on any atom is -1.00 e. The van der Waals surface area contributed by atoms with Gasteiger partial charge in [0.15, 0.2) is 0 Å². The Bertz CT molecular complexity index is 81.9. The van der Waals surface area contributed by atoms with Crippen LogP contribution in [0.2, 0.25) is 19.6 Å². The maximum atomic E-state index is 5.12. The zero-order chi connectivity index (χ0) is 5.21. The molecule has 0 rings (SSSR count). The van der Waals surface area contributed by atoms with E-state index in [2.05, 4.69) is 25.2 Å². The largest absolute Gasteiger partial charge is 2.00 e. The molecule has 0 aliphatic rings. The van der Waals surface area contributed by atoms with Crippen LogP contribution in [-0.4, -0.2) is 31.1 Å². The summed E-state index contributed by atoms with van der Waals surface area (Å²) in [6, 6.07) is 0. The van der Waals surface area contributed by atoms with E-state index in [0.717, 1.165) is 0 Å². The molecular formula is C5H10Cl2MgSi. The average Bonchev–Trinajstić information content (AvgIpc) is 1.35. The second-order valence-corrected chi connectivity index (χ2v) is 7.18. The quantitative estimate of drug-likeness (QED) is 0.267. The molecule has 0 aromatic heterocycles. The summed E-state index contributed by atoms with van der Waals surface area (Å²) in [5.41, 5.74) is 2.74. The van der Waals surface area contributed by atoms with Gasteiger partial charge in [-0.15, -0.1) is 12.0 Å². The summed E-state index contributed by atoms with van der Waals surface area (Å²) in [5, 5.41) is 0. The molecule has 0 unspecified atom stereocenters. The third kappa shape index (κ3) is 27.2. The topological polar surface area (TPSA) is 0 Å². The third-order valence-electron chi connectivity index (χ3n) is 0.433. The number of rotatable bonds is 0. The maximum absolute atomic E-state index is 5.12. The second-order valence-electron chi connectivity index (χ2n) is 2.39. The Morgan fingerprint density at radius 2 is 1.22 bits per heavy atom. The Labute approximate surface area is 87.2 Å². The van der Waals surface area contributed by atoms with Crippen molar-refractivity contribution in [2.45, 2.75) is 19.6 Å². The molecule has 0 aliphatic carbocycles. The van der Waals surface area contributed by atoms with Crippen LogP contribution >= 0.6 is 0 Å². The predicted octanol–water partition coefficient (Wildman–Crippen LogP) is -4.88. The summed E-state index contributed by atoms with van der Waals surface area (Å²) in [6.07, 6.45) is 5.12. The van der Waals surface area contributed by atoms with Gasteiger partial charge in [0.25, 0.3) is 0 Å². The Morgan fingerprint density at radius 3 is 1.22 bits per heavy atom. The van der Waals surface area contributed by atoms with Crippen LogP contribution in [0.25, 0.3) is 0 Å². The third-order valence-corrected chi connectivity index (χ3v) is 1.30. The summed E-state index contributed by atoms with van der Waals surface area (Å²) in [7, 11) is -1.10. The monoisotopic (exact) mass is 192 g/mol. The molecule has 4 heteroatoms. The number of halogens is 2. The van der Waals surface area contributed by atoms with E-state index < -0.39 is 8.07 Å². The van der Waals surface area contributed by atoms with Crippen LogP contribution in [0.1, 0.15) is 0 Å². The molecule has 0 heterocycles. The first-order chi connectivity index (χ1) is 2.56. The maximum Gasteiger partial charge on any atom is 2.00 e. The molecule has 0 saturated heterocycles. The van der Waals surface area contributed by atoms with Crippen LogP contribution < -0.4 is 24.8 Å². The molecular weight excluding hydrogens is 183 g/mol.